The minimum Gasteiger partial charge on any atom is -0.497 e. The molecule has 0 spiro atoms. The highest BCUT2D eigenvalue weighted by atomic mass is 16.6. The van der Waals surface area contributed by atoms with Crippen molar-refractivity contribution < 1.29 is 19.1 Å². The zero-order valence-corrected chi connectivity index (χ0v) is 13.0. The summed E-state index contributed by atoms with van der Waals surface area (Å²) in [7, 11) is 1.57. The van der Waals surface area contributed by atoms with Crippen LogP contribution in [-0.2, 0) is 9.53 Å². The van der Waals surface area contributed by atoms with E-state index in [0.717, 1.165) is 0 Å². The van der Waals surface area contributed by atoms with Gasteiger partial charge in [-0.3, -0.25) is 0 Å². The summed E-state index contributed by atoms with van der Waals surface area (Å²) in [6.07, 6.45) is 0. The number of nitrogens with one attached hydrogen (secondary N) is 2. The standard InChI is InChI=1S/C15H22N2O4/c1-10(13(18)21-15(2,3)4)16-14(19)17-11-6-8-12(20-5)9-7-11/h6-10H,1-5H3,(H2,16,17,19)/t10-/m1/s1. The predicted molar refractivity (Wildman–Crippen MR) is 80.5 cm³/mol. The molecule has 1 aromatic carbocycles. The molecule has 116 valence electrons. The van der Waals surface area contributed by atoms with Gasteiger partial charge in [-0.25, -0.2) is 9.59 Å². The van der Waals surface area contributed by atoms with Gasteiger partial charge in [-0.05, 0) is 52.0 Å². The summed E-state index contributed by atoms with van der Waals surface area (Å²) in [4.78, 5) is 23.5. The Bertz CT molecular complexity index is 491. The summed E-state index contributed by atoms with van der Waals surface area (Å²) in [5, 5.41) is 5.15. The molecule has 1 aromatic rings. The van der Waals surface area contributed by atoms with Crippen LogP contribution in [0.4, 0.5) is 10.5 Å². The van der Waals surface area contributed by atoms with Crippen LogP contribution in [0, 0.1) is 0 Å². The van der Waals surface area contributed by atoms with Crippen LogP contribution in [0.3, 0.4) is 0 Å². The van der Waals surface area contributed by atoms with E-state index in [1.54, 1.807) is 59.1 Å². The first-order valence-electron chi connectivity index (χ1n) is 6.65. The van der Waals surface area contributed by atoms with Gasteiger partial charge >= 0.3 is 12.0 Å². The Hall–Kier alpha value is -2.24. The van der Waals surface area contributed by atoms with Crippen LogP contribution < -0.4 is 15.4 Å². The molecule has 0 aliphatic heterocycles. The fourth-order valence-electron chi connectivity index (χ4n) is 1.49. The van der Waals surface area contributed by atoms with E-state index in [4.69, 9.17) is 9.47 Å². The van der Waals surface area contributed by atoms with Crippen molar-refractivity contribution in [2.24, 2.45) is 0 Å². The van der Waals surface area contributed by atoms with Crippen molar-refractivity contribution in [3.8, 4) is 5.75 Å². The Morgan fingerprint density at radius 3 is 2.19 bits per heavy atom. The number of urea groups is 1. The molecule has 0 unspecified atom stereocenters. The Labute approximate surface area is 124 Å². The second kappa shape index (κ2) is 6.97. The van der Waals surface area contributed by atoms with E-state index >= 15 is 0 Å². The fraction of sp³-hybridized carbons (Fsp3) is 0.467. The van der Waals surface area contributed by atoms with Crippen molar-refractivity contribution in [3.63, 3.8) is 0 Å². The molecule has 0 saturated carbocycles. The summed E-state index contributed by atoms with van der Waals surface area (Å²) < 4.78 is 10.2. The van der Waals surface area contributed by atoms with Gasteiger partial charge < -0.3 is 20.1 Å². The van der Waals surface area contributed by atoms with Crippen LogP contribution in [-0.4, -0.2) is 30.8 Å². The van der Waals surface area contributed by atoms with Gasteiger partial charge in [0.15, 0.2) is 0 Å². The number of esters is 1. The maximum absolute atomic E-state index is 11.8. The quantitative estimate of drug-likeness (QED) is 0.837. The van der Waals surface area contributed by atoms with Crippen LogP contribution in [0.15, 0.2) is 24.3 Å². The van der Waals surface area contributed by atoms with Gasteiger partial charge in [0, 0.05) is 5.69 Å². The lowest BCUT2D eigenvalue weighted by molar-refractivity contribution is -0.156. The molecule has 0 bridgehead atoms. The predicted octanol–water partition coefficient (Wildman–Crippen LogP) is 2.55. The number of carbonyl (C=O) groups is 2. The van der Waals surface area contributed by atoms with E-state index in [1.165, 1.54) is 0 Å². The first-order chi connectivity index (χ1) is 9.71. The van der Waals surface area contributed by atoms with Gasteiger partial charge in [0.1, 0.15) is 17.4 Å². The van der Waals surface area contributed by atoms with Crippen molar-refractivity contribution in [3.05, 3.63) is 24.3 Å². The van der Waals surface area contributed by atoms with E-state index in [1.807, 2.05) is 0 Å². The highest BCUT2D eigenvalue weighted by Gasteiger charge is 2.22. The summed E-state index contributed by atoms with van der Waals surface area (Å²) in [6, 6.07) is 5.66. The van der Waals surface area contributed by atoms with Gasteiger partial charge in [0.25, 0.3) is 0 Å². The van der Waals surface area contributed by atoms with Crippen LogP contribution in [0.2, 0.25) is 0 Å². The zero-order chi connectivity index (χ0) is 16.0. The molecule has 0 aromatic heterocycles. The number of anilines is 1. The third-order valence-electron chi connectivity index (χ3n) is 2.46. The van der Waals surface area contributed by atoms with E-state index in [0.29, 0.717) is 11.4 Å². The third kappa shape index (κ3) is 6.16. The molecule has 0 heterocycles. The molecular weight excluding hydrogens is 272 g/mol. The van der Waals surface area contributed by atoms with E-state index < -0.39 is 23.6 Å². The normalized spacial score (nSPS) is 12.2. The van der Waals surface area contributed by atoms with Gasteiger partial charge in [-0.2, -0.15) is 0 Å². The highest BCUT2D eigenvalue weighted by molar-refractivity contribution is 5.92. The molecular formula is C15H22N2O4. The number of carbonyl (C=O) groups excluding carboxylic acids is 2. The highest BCUT2D eigenvalue weighted by Crippen LogP contribution is 2.15. The summed E-state index contributed by atoms with van der Waals surface area (Å²) in [5.41, 5.74) is 0.0177. The molecule has 0 radical (unpaired) electrons. The van der Waals surface area contributed by atoms with Crippen molar-refractivity contribution in [1.29, 1.82) is 0 Å². The number of ether oxygens (including phenoxy) is 2. The Morgan fingerprint density at radius 2 is 1.71 bits per heavy atom. The molecule has 21 heavy (non-hydrogen) atoms. The first-order valence-corrected chi connectivity index (χ1v) is 6.65. The van der Waals surface area contributed by atoms with Crippen LogP contribution in [0.5, 0.6) is 5.75 Å². The van der Waals surface area contributed by atoms with Gasteiger partial charge in [-0.1, -0.05) is 0 Å². The van der Waals surface area contributed by atoms with Crippen molar-refractivity contribution >= 4 is 17.7 Å². The lowest BCUT2D eigenvalue weighted by Crippen LogP contribution is -2.43. The lowest BCUT2D eigenvalue weighted by Gasteiger charge is -2.22. The Balaban J connectivity index is 2.50. The van der Waals surface area contributed by atoms with Crippen molar-refractivity contribution in [1.82, 2.24) is 5.32 Å². The molecule has 2 amide bonds. The SMILES string of the molecule is COc1ccc(NC(=O)N[C@H](C)C(=O)OC(C)(C)C)cc1. The van der Waals surface area contributed by atoms with Crippen molar-refractivity contribution in [2.45, 2.75) is 39.3 Å². The second-order valence-electron chi connectivity index (χ2n) is 5.58. The van der Waals surface area contributed by atoms with Gasteiger partial charge in [0.05, 0.1) is 7.11 Å². The lowest BCUT2D eigenvalue weighted by atomic mass is 10.2. The zero-order valence-electron chi connectivity index (χ0n) is 13.0. The largest absolute Gasteiger partial charge is 0.497 e. The minimum absolute atomic E-state index is 0.474. The Kier molecular flexibility index (Phi) is 5.58. The smallest absolute Gasteiger partial charge is 0.328 e. The fourth-order valence-corrected chi connectivity index (χ4v) is 1.49. The maximum atomic E-state index is 11.8. The van der Waals surface area contributed by atoms with Crippen molar-refractivity contribution in [2.75, 3.05) is 12.4 Å². The Morgan fingerprint density at radius 1 is 1.14 bits per heavy atom. The molecule has 1 atom stereocenters. The number of hydrogen-bond donors (Lipinski definition) is 2. The topological polar surface area (TPSA) is 76.7 Å². The molecule has 0 fully saturated rings. The van der Waals surface area contributed by atoms with E-state index in [-0.39, 0.29) is 0 Å². The second-order valence-corrected chi connectivity index (χ2v) is 5.58. The molecule has 2 N–H and O–H groups in total. The molecule has 6 heteroatoms. The molecule has 6 nitrogen and oxygen atoms in total. The molecule has 0 saturated heterocycles. The molecule has 1 rings (SSSR count). The number of rotatable bonds is 4. The minimum atomic E-state index is -0.734. The monoisotopic (exact) mass is 294 g/mol. The number of methoxy groups -OCH3 is 1. The van der Waals surface area contributed by atoms with E-state index in [9.17, 15) is 9.59 Å². The average molecular weight is 294 g/mol. The third-order valence-corrected chi connectivity index (χ3v) is 2.46. The summed E-state index contributed by atoms with van der Waals surface area (Å²) in [5.74, 6) is 0.218. The van der Waals surface area contributed by atoms with Crippen LogP contribution >= 0.6 is 0 Å². The molecule has 0 aliphatic carbocycles. The maximum Gasteiger partial charge on any atom is 0.328 e. The average Bonchev–Trinajstić information content (AvgIpc) is 2.37. The summed E-state index contributed by atoms with van der Waals surface area (Å²) in [6.45, 7) is 6.89. The van der Waals surface area contributed by atoms with Gasteiger partial charge in [0.2, 0.25) is 0 Å². The molecule has 0 aliphatic rings. The van der Waals surface area contributed by atoms with Crippen LogP contribution in [0.25, 0.3) is 0 Å². The van der Waals surface area contributed by atoms with Gasteiger partial charge in [-0.15, -0.1) is 0 Å². The van der Waals surface area contributed by atoms with Crippen LogP contribution in [0.1, 0.15) is 27.7 Å². The number of benzene rings is 1. The van der Waals surface area contributed by atoms with E-state index in [2.05, 4.69) is 10.6 Å². The number of hydrogen-bond acceptors (Lipinski definition) is 4. The summed E-state index contributed by atoms with van der Waals surface area (Å²) >= 11 is 0. The number of amides is 2. The first kappa shape index (κ1) is 16.8.